The molecule has 0 aliphatic heterocycles. The third-order valence-corrected chi connectivity index (χ3v) is 3.72. The Bertz CT molecular complexity index is 815. The van der Waals surface area contributed by atoms with Crippen LogP contribution in [0, 0.1) is 0 Å². The molecule has 0 aliphatic carbocycles. The summed E-state index contributed by atoms with van der Waals surface area (Å²) in [5, 5.41) is 1.34. The van der Waals surface area contributed by atoms with Gasteiger partial charge in [0.05, 0.1) is 10.5 Å². The van der Waals surface area contributed by atoms with Crippen LogP contribution in [0.3, 0.4) is 0 Å². The maximum absolute atomic E-state index is 11.2. The molecule has 6 heteroatoms. The molecule has 0 saturated carbocycles. The van der Waals surface area contributed by atoms with Gasteiger partial charge in [0.25, 0.3) is 0 Å². The van der Waals surface area contributed by atoms with E-state index in [2.05, 4.69) is 9.97 Å². The molecule has 3 rings (SSSR count). The van der Waals surface area contributed by atoms with Gasteiger partial charge in [-0.1, -0.05) is 17.7 Å². The summed E-state index contributed by atoms with van der Waals surface area (Å²) in [5.41, 5.74) is -0.711. The van der Waals surface area contributed by atoms with Crippen LogP contribution in [0.1, 0.15) is 0 Å². The first-order chi connectivity index (χ1) is 7.66. The SMILES string of the molecule is O=c1[nH]c2sc3cccc(Cl)c3c2[nH]c1=O. The quantitative estimate of drug-likeness (QED) is 0.602. The number of fused-ring (bicyclic) bond motifs is 3. The van der Waals surface area contributed by atoms with Crippen molar-refractivity contribution in [2.24, 2.45) is 0 Å². The summed E-state index contributed by atoms with van der Waals surface area (Å²) in [6, 6.07) is 5.47. The summed E-state index contributed by atoms with van der Waals surface area (Å²) in [5.74, 6) is 0. The summed E-state index contributed by atoms with van der Waals surface area (Å²) in [6.07, 6.45) is 0. The van der Waals surface area contributed by atoms with Crippen LogP contribution < -0.4 is 11.1 Å². The number of thiophene rings is 1. The summed E-state index contributed by atoms with van der Waals surface area (Å²) in [6.45, 7) is 0. The summed E-state index contributed by atoms with van der Waals surface area (Å²) in [7, 11) is 0. The van der Waals surface area contributed by atoms with Crippen LogP contribution in [0.4, 0.5) is 0 Å². The molecule has 2 heterocycles. The van der Waals surface area contributed by atoms with E-state index in [1.165, 1.54) is 11.3 Å². The van der Waals surface area contributed by atoms with Gasteiger partial charge in [-0.05, 0) is 12.1 Å². The van der Waals surface area contributed by atoms with E-state index in [-0.39, 0.29) is 0 Å². The third kappa shape index (κ3) is 1.22. The first-order valence-corrected chi connectivity index (χ1v) is 5.69. The lowest BCUT2D eigenvalue weighted by Crippen LogP contribution is -2.28. The van der Waals surface area contributed by atoms with Crippen molar-refractivity contribution in [2.75, 3.05) is 0 Å². The fourth-order valence-electron chi connectivity index (χ4n) is 1.64. The number of hydrogen-bond donors (Lipinski definition) is 2. The monoisotopic (exact) mass is 252 g/mol. The molecule has 2 aromatic heterocycles. The maximum atomic E-state index is 11.2. The molecule has 16 heavy (non-hydrogen) atoms. The van der Waals surface area contributed by atoms with Crippen LogP contribution in [-0.4, -0.2) is 9.97 Å². The van der Waals surface area contributed by atoms with Gasteiger partial charge in [-0.3, -0.25) is 9.59 Å². The van der Waals surface area contributed by atoms with Gasteiger partial charge >= 0.3 is 11.1 Å². The molecular formula is C10H5ClN2O2S. The molecule has 1 aromatic carbocycles. The molecule has 0 saturated heterocycles. The van der Waals surface area contributed by atoms with Crippen LogP contribution in [0.2, 0.25) is 5.02 Å². The number of aromatic amines is 2. The van der Waals surface area contributed by atoms with E-state index in [1.54, 1.807) is 6.07 Å². The third-order valence-electron chi connectivity index (χ3n) is 2.34. The molecule has 80 valence electrons. The minimum atomic E-state index is -0.660. The molecule has 0 atom stereocenters. The molecule has 4 nitrogen and oxygen atoms in total. The van der Waals surface area contributed by atoms with Gasteiger partial charge < -0.3 is 9.97 Å². The highest BCUT2D eigenvalue weighted by molar-refractivity contribution is 7.25. The topological polar surface area (TPSA) is 65.7 Å². The highest BCUT2D eigenvalue weighted by Gasteiger charge is 2.10. The van der Waals surface area contributed by atoms with Gasteiger partial charge in [0.1, 0.15) is 4.83 Å². The molecule has 0 bridgehead atoms. The molecule has 3 aromatic rings. The Labute approximate surface area is 97.5 Å². The van der Waals surface area contributed by atoms with Crippen LogP contribution in [0.5, 0.6) is 0 Å². The molecular weight excluding hydrogens is 248 g/mol. The highest BCUT2D eigenvalue weighted by atomic mass is 35.5. The Morgan fingerprint density at radius 3 is 2.69 bits per heavy atom. The minimum Gasteiger partial charge on any atom is -0.315 e. The number of rotatable bonds is 0. The van der Waals surface area contributed by atoms with E-state index >= 15 is 0 Å². The molecule has 0 amide bonds. The standard InChI is InChI=1S/C10H5ClN2O2S/c11-4-2-1-3-5-6(4)7-10(16-5)13-9(15)8(14)12-7/h1-3H,(H,12,14)(H,13,15). The van der Waals surface area contributed by atoms with Gasteiger partial charge in [0, 0.05) is 10.1 Å². The number of nitrogens with one attached hydrogen (secondary N) is 2. The summed E-state index contributed by atoms with van der Waals surface area (Å²) >= 11 is 7.45. The molecule has 0 aliphatic rings. The molecule has 0 fully saturated rings. The fourth-order valence-corrected chi connectivity index (χ4v) is 3.05. The first-order valence-electron chi connectivity index (χ1n) is 4.50. The van der Waals surface area contributed by atoms with E-state index < -0.39 is 11.1 Å². The number of H-pyrrole nitrogens is 2. The number of benzene rings is 1. The highest BCUT2D eigenvalue weighted by Crippen LogP contribution is 2.34. The largest absolute Gasteiger partial charge is 0.315 e. The predicted octanol–water partition coefficient (Wildman–Crippen LogP) is 2.08. The Morgan fingerprint density at radius 1 is 1.12 bits per heavy atom. The first kappa shape index (κ1) is 9.62. The second kappa shape index (κ2) is 3.20. The lowest BCUT2D eigenvalue weighted by atomic mass is 10.2. The molecule has 0 unspecified atom stereocenters. The van der Waals surface area contributed by atoms with Crippen LogP contribution in [-0.2, 0) is 0 Å². The Morgan fingerprint density at radius 2 is 1.88 bits per heavy atom. The minimum absolute atomic E-state index is 0.562. The zero-order valence-electron chi connectivity index (χ0n) is 7.83. The second-order valence-electron chi connectivity index (χ2n) is 3.33. The smallest absolute Gasteiger partial charge is 0.314 e. The lowest BCUT2D eigenvalue weighted by molar-refractivity contribution is 1.16. The lowest BCUT2D eigenvalue weighted by Gasteiger charge is -1.93. The zero-order valence-corrected chi connectivity index (χ0v) is 9.41. The predicted molar refractivity (Wildman–Crippen MR) is 65.6 cm³/mol. The number of aromatic nitrogens is 2. The van der Waals surface area contributed by atoms with Gasteiger partial charge in [-0.25, -0.2) is 0 Å². The van der Waals surface area contributed by atoms with E-state index in [9.17, 15) is 9.59 Å². The van der Waals surface area contributed by atoms with Crippen LogP contribution >= 0.6 is 22.9 Å². The maximum Gasteiger partial charge on any atom is 0.314 e. The van der Waals surface area contributed by atoms with Crippen molar-refractivity contribution >= 4 is 43.4 Å². The van der Waals surface area contributed by atoms with Gasteiger partial charge in [-0.2, -0.15) is 0 Å². The number of hydrogen-bond acceptors (Lipinski definition) is 3. The van der Waals surface area contributed by atoms with Gasteiger partial charge in [0.2, 0.25) is 0 Å². The summed E-state index contributed by atoms with van der Waals surface area (Å²) in [4.78, 5) is 28.1. The van der Waals surface area contributed by atoms with Crippen molar-refractivity contribution in [1.82, 2.24) is 9.97 Å². The molecule has 2 N–H and O–H groups in total. The van der Waals surface area contributed by atoms with E-state index in [0.29, 0.717) is 15.4 Å². The van der Waals surface area contributed by atoms with Crippen molar-refractivity contribution in [3.63, 3.8) is 0 Å². The molecule has 0 spiro atoms. The Kier molecular flexibility index (Phi) is 1.92. The second-order valence-corrected chi connectivity index (χ2v) is 4.79. The Balaban J connectivity index is 2.69. The molecule has 0 radical (unpaired) electrons. The van der Waals surface area contributed by atoms with Crippen molar-refractivity contribution in [2.45, 2.75) is 0 Å². The van der Waals surface area contributed by atoms with E-state index in [4.69, 9.17) is 11.6 Å². The zero-order chi connectivity index (χ0) is 11.3. The summed E-state index contributed by atoms with van der Waals surface area (Å²) < 4.78 is 0.931. The van der Waals surface area contributed by atoms with E-state index in [1.807, 2.05) is 12.1 Å². The van der Waals surface area contributed by atoms with Crippen molar-refractivity contribution in [3.05, 3.63) is 43.9 Å². The van der Waals surface area contributed by atoms with Crippen LogP contribution in [0.15, 0.2) is 27.8 Å². The average Bonchev–Trinajstić information content (AvgIpc) is 2.58. The van der Waals surface area contributed by atoms with Crippen molar-refractivity contribution in [3.8, 4) is 0 Å². The van der Waals surface area contributed by atoms with Crippen LogP contribution in [0.25, 0.3) is 20.4 Å². The Hall–Kier alpha value is -1.59. The average molecular weight is 253 g/mol. The van der Waals surface area contributed by atoms with Crippen molar-refractivity contribution < 1.29 is 0 Å². The fraction of sp³-hybridized carbons (Fsp3) is 0. The number of halogens is 1. The normalized spacial score (nSPS) is 11.3. The van der Waals surface area contributed by atoms with E-state index in [0.717, 1.165) is 10.1 Å². The van der Waals surface area contributed by atoms with Crippen molar-refractivity contribution in [1.29, 1.82) is 0 Å². The van der Waals surface area contributed by atoms with Gasteiger partial charge in [-0.15, -0.1) is 11.3 Å². The van der Waals surface area contributed by atoms with Gasteiger partial charge in [0.15, 0.2) is 0 Å².